The van der Waals surface area contributed by atoms with Gasteiger partial charge in [0.2, 0.25) is 0 Å². The molecular weight excluding hydrogens is 824 g/mol. The third kappa shape index (κ3) is 10.1. The number of aromatic amines is 1. The minimum absolute atomic E-state index is 0.0743. The van der Waals surface area contributed by atoms with Crippen molar-refractivity contribution < 1.29 is 33.2 Å². The summed E-state index contributed by atoms with van der Waals surface area (Å²) in [5.41, 5.74) is 4.40. The van der Waals surface area contributed by atoms with Gasteiger partial charge in [0.25, 0.3) is 0 Å². The molecule has 0 aliphatic rings. The lowest BCUT2D eigenvalue weighted by Crippen LogP contribution is -2.05. The summed E-state index contributed by atoms with van der Waals surface area (Å²) >= 11 is 12.0. The maximum atomic E-state index is 14.9. The van der Waals surface area contributed by atoms with E-state index in [4.69, 9.17) is 57.4 Å². The van der Waals surface area contributed by atoms with E-state index in [-0.39, 0.29) is 17.1 Å². The first-order valence-electron chi connectivity index (χ1n) is 18.3. The van der Waals surface area contributed by atoms with E-state index >= 15 is 0 Å². The lowest BCUT2D eigenvalue weighted by Gasteiger charge is -2.12. The summed E-state index contributed by atoms with van der Waals surface area (Å²) in [6, 6.07) is 25.8. The second-order valence-electron chi connectivity index (χ2n) is 12.9. The van der Waals surface area contributed by atoms with Crippen LogP contribution in [0.15, 0.2) is 91.4 Å². The Morgan fingerprint density at radius 2 is 1.11 bits per heavy atom. The fourth-order valence-electron chi connectivity index (χ4n) is 5.98. The van der Waals surface area contributed by atoms with Crippen molar-refractivity contribution in [3.63, 3.8) is 0 Å². The molecule has 4 aromatic carbocycles. The van der Waals surface area contributed by atoms with Crippen molar-refractivity contribution in [2.24, 2.45) is 0 Å². The Morgan fingerprint density at radius 3 is 1.67 bits per heavy atom. The zero-order valence-electron chi connectivity index (χ0n) is 32.8. The molecule has 4 aromatic heterocycles. The molecule has 0 unspecified atom stereocenters. The highest BCUT2D eigenvalue weighted by Crippen LogP contribution is 2.36. The minimum atomic E-state index is -0.447. The number of nitriles is 3. The third-order valence-electron chi connectivity index (χ3n) is 8.91. The van der Waals surface area contributed by atoms with Crippen LogP contribution in [0.1, 0.15) is 22.4 Å². The quantitative estimate of drug-likeness (QED) is 0.124. The summed E-state index contributed by atoms with van der Waals surface area (Å²) in [4.78, 5) is 15.6. The Hall–Kier alpha value is -7.25. The van der Waals surface area contributed by atoms with E-state index in [1.807, 2.05) is 13.0 Å². The maximum absolute atomic E-state index is 14.9. The number of phenols is 1. The van der Waals surface area contributed by atoms with Crippen molar-refractivity contribution in [2.45, 2.75) is 6.92 Å². The first kappa shape index (κ1) is 43.3. The number of aryl methyl sites for hydroxylation is 1. The number of ether oxygens (including phenoxy) is 5. The molecule has 4 heterocycles. The summed E-state index contributed by atoms with van der Waals surface area (Å²) in [5.74, 6) is 0.892. The second kappa shape index (κ2) is 20.1. The smallest absolute Gasteiger partial charge is 0.175 e. The second-order valence-corrected chi connectivity index (χ2v) is 13.7. The average Bonchev–Trinajstić information content (AvgIpc) is 3.66. The van der Waals surface area contributed by atoms with Crippen molar-refractivity contribution in [3.05, 3.63) is 130 Å². The molecule has 61 heavy (non-hydrogen) atoms. The average molecular weight is 859 g/mol. The number of rotatable bonds is 10. The van der Waals surface area contributed by atoms with Gasteiger partial charge in [-0.15, -0.1) is 0 Å². The molecule has 0 aliphatic heterocycles. The first-order chi connectivity index (χ1) is 29.6. The zero-order valence-corrected chi connectivity index (χ0v) is 34.3. The van der Waals surface area contributed by atoms with E-state index in [1.165, 1.54) is 12.1 Å². The molecule has 0 saturated heterocycles. The van der Waals surface area contributed by atoms with Crippen LogP contribution in [0.2, 0.25) is 10.0 Å². The van der Waals surface area contributed by atoms with Crippen LogP contribution in [0.3, 0.4) is 0 Å². The lowest BCUT2D eigenvalue weighted by atomic mass is 10.1. The van der Waals surface area contributed by atoms with Crippen LogP contribution in [-0.2, 0) is 9.47 Å². The van der Waals surface area contributed by atoms with Crippen molar-refractivity contribution in [3.8, 4) is 47.0 Å². The number of H-pyrrole nitrogens is 1. The van der Waals surface area contributed by atoms with Gasteiger partial charge in [-0.2, -0.15) is 15.8 Å². The molecule has 2 N–H and O–H groups in total. The molecule has 0 bridgehead atoms. The van der Waals surface area contributed by atoms with Gasteiger partial charge in [0.15, 0.2) is 11.6 Å². The van der Waals surface area contributed by atoms with Crippen LogP contribution in [0, 0.1) is 46.7 Å². The molecule has 0 saturated carbocycles. The van der Waals surface area contributed by atoms with E-state index in [0.717, 1.165) is 11.1 Å². The largest absolute Gasteiger partial charge is 0.506 e. The van der Waals surface area contributed by atoms with E-state index in [9.17, 15) is 14.8 Å². The molecular formula is C45H34Cl2FN7O6. The molecule has 0 fully saturated rings. The molecule has 13 nitrogen and oxygen atoms in total. The Balaban J connectivity index is 0.000000166. The summed E-state index contributed by atoms with van der Waals surface area (Å²) in [5, 5.41) is 40.2. The number of methoxy groups -OCH3 is 2. The van der Waals surface area contributed by atoms with Crippen LogP contribution in [-0.4, -0.2) is 65.7 Å². The van der Waals surface area contributed by atoms with Crippen molar-refractivity contribution in [2.75, 3.05) is 40.6 Å². The van der Waals surface area contributed by atoms with E-state index in [0.29, 0.717) is 103 Å². The summed E-state index contributed by atoms with van der Waals surface area (Å²) in [7, 11) is 3.17. The topological polar surface area (TPSA) is 192 Å². The zero-order chi connectivity index (χ0) is 43.5. The van der Waals surface area contributed by atoms with Crippen molar-refractivity contribution in [1.29, 1.82) is 15.8 Å². The highest BCUT2D eigenvalue weighted by molar-refractivity contribution is 6.35. The van der Waals surface area contributed by atoms with Crippen LogP contribution in [0.4, 0.5) is 4.39 Å². The molecule has 0 radical (unpaired) electrons. The predicted octanol–water partition coefficient (Wildman–Crippen LogP) is 10.1. The Bertz CT molecular complexity index is 3020. The minimum Gasteiger partial charge on any atom is -0.506 e. The maximum Gasteiger partial charge on any atom is 0.175 e. The molecule has 0 spiro atoms. The number of aromatic hydroxyl groups is 1. The predicted molar refractivity (Wildman–Crippen MR) is 229 cm³/mol. The van der Waals surface area contributed by atoms with E-state index < -0.39 is 5.82 Å². The van der Waals surface area contributed by atoms with Crippen LogP contribution in [0.25, 0.3) is 43.6 Å². The van der Waals surface area contributed by atoms with Gasteiger partial charge in [-0.3, -0.25) is 15.0 Å². The van der Waals surface area contributed by atoms with Gasteiger partial charge >= 0.3 is 0 Å². The highest BCUT2D eigenvalue weighted by Gasteiger charge is 2.16. The van der Waals surface area contributed by atoms with Crippen LogP contribution in [0.5, 0.6) is 28.7 Å². The normalized spacial score (nSPS) is 10.5. The molecule has 0 atom stereocenters. The fraction of sp³-hybridized carbons (Fsp3) is 0.156. The summed E-state index contributed by atoms with van der Waals surface area (Å²) in [6.07, 6.45) is 4.74. The van der Waals surface area contributed by atoms with E-state index in [1.54, 1.807) is 93.5 Å². The Kier molecular flexibility index (Phi) is 14.3. The Morgan fingerprint density at radius 1 is 0.607 bits per heavy atom. The monoisotopic (exact) mass is 857 g/mol. The summed E-state index contributed by atoms with van der Waals surface area (Å²) < 4.78 is 41.8. The molecule has 8 rings (SSSR count). The number of hydrogen-bond acceptors (Lipinski definition) is 12. The van der Waals surface area contributed by atoms with Crippen molar-refractivity contribution >= 4 is 66.8 Å². The van der Waals surface area contributed by atoms with Gasteiger partial charge in [0.05, 0.1) is 56.5 Å². The van der Waals surface area contributed by atoms with Gasteiger partial charge in [0.1, 0.15) is 54.4 Å². The Labute approximate surface area is 358 Å². The van der Waals surface area contributed by atoms with Gasteiger partial charge in [-0.1, -0.05) is 23.2 Å². The van der Waals surface area contributed by atoms with E-state index in [2.05, 4.69) is 32.1 Å². The number of nitrogens with zero attached hydrogens (tertiary/aromatic N) is 6. The third-order valence-corrected chi connectivity index (χ3v) is 9.57. The number of pyridine rings is 3. The summed E-state index contributed by atoms with van der Waals surface area (Å²) in [6.45, 7) is 3.43. The number of benzene rings is 4. The van der Waals surface area contributed by atoms with Crippen molar-refractivity contribution in [1.82, 2.24) is 19.9 Å². The van der Waals surface area contributed by atoms with Gasteiger partial charge in [-0.25, -0.2) is 4.39 Å². The standard InChI is InChI=1S/C22H18FN3O3.C13H11ClN2O2.C10H5ClN2O/c1-13-9-16-17(26-13)3-4-20(22(16)23)29-19-5-6-25-18-11-21(28-8-7-27-2)14(12-24)10-15(18)19;1-17-4-5-18-13-7-12-10(6-9(13)8-15)11(14)2-3-16-12;11-8-1-2-13-9-4-10(14)6(5-12)3-7(8)9/h3-6,9-11,26H,7-8H2,1-2H3;2-3,6-7H,4-5H2,1H3;1-4,14H. The number of aromatic nitrogens is 4. The van der Waals surface area contributed by atoms with Gasteiger partial charge < -0.3 is 33.8 Å². The SMILES string of the molecule is COCCOc1cc2nccc(Cl)c2cc1C#N.COCCOc1cc2nccc(Oc3ccc4[nH]c(C)cc4c3F)c2cc1C#N.N#Cc1cc2c(Cl)ccnc2cc1O. The van der Waals surface area contributed by atoms with Crippen LogP contribution < -0.4 is 14.2 Å². The van der Waals surface area contributed by atoms with Gasteiger partial charge in [-0.05, 0) is 61.5 Å². The molecule has 0 amide bonds. The number of fused-ring (bicyclic) bond motifs is 4. The van der Waals surface area contributed by atoms with Crippen LogP contribution >= 0.6 is 23.2 Å². The fourth-order valence-corrected chi connectivity index (χ4v) is 6.40. The number of phenolic OH excluding ortho intramolecular Hbond substituents is 1. The molecule has 16 heteroatoms. The first-order valence-corrected chi connectivity index (χ1v) is 19.0. The number of hydrogen-bond donors (Lipinski definition) is 2. The number of nitrogens with one attached hydrogen (secondary N) is 1. The lowest BCUT2D eigenvalue weighted by molar-refractivity contribution is 0.146. The molecule has 306 valence electrons. The van der Waals surface area contributed by atoms with Gasteiger partial charge in [0, 0.05) is 83.8 Å². The number of halogens is 3. The molecule has 0 aliphatic carbocycles. The molecule has 8 aromatic rings. The highest BCUT2D eigenvalue weighted by atomic mass is 35.5.